The van der Waals surface area contributed by atoms with E-state index in [1.165, 1.54) is 11.1 Å². The van der Waals surface area contributed by atoms with Gasteiger partial charge < -0.3 is 0 Å². The molecule has 1 aliphatic carbocycles. The Kier molecular flexibility index (Phi) is 3.57. The zero-order chi connectivity index (χ0) is 12.5. The van der Waals surface area contributed by atoms with Crippen molar-refractivity contribution >= 4 is 9.84 Å². The zero-order valence-electron chi connectivity index (χ0n) is 10.6. The van der Waals surface area contributed by atoms with Crippen LogP contribution in [-0.4, -0.2) is 13.7 Å². The average molecular weight is 252 g/mol. The van der Waals surface area contributed by atoms with Gasteiger partial charge in [0, 0.05) is 0 Å². The molecule has 2 nitrogen and oxygen atoms in total. The van der Waals surface area contributed by atoms with Crippen LogP contribution in [0.3, 0.4) is 0 Å². The summed E-state index contributed by atoms with van der Waals surface area (Å²) >= 11 is 0. The monoisotopic (exact) mass is 252 g/mol. The maximum atomic E-state index is 12.2. The molecule has 0 heterocycles. The van der Waals surface area contributed by atoms with Crippen LogP contribution in [0.1, 0.15) is 42.4 Å². The zero-order valence-corrected chi connectivity index (χ0v) is 11.4. The fraction of sp³-hybridized carbons (Fsp3) is 0.571. The summed E-state index contributed by atoms with van der Waals surface area (Å²) in [5.41, 5.74) is 3.32. The van der Waals surface area contributed by atoms with Crippen molar-refractivity contribution in [3.05, 3.63) is 34.9 Å². The first-order chi connectivity index (χ1) is 7.99. The van der Waals surface area contributed by atoms with Gasteiger partial charge in [0.15, 0.2) is 9.84 Å². The Morgan fingerprint density at radius 1 is 1.12 bits per heavy atom. The Hall–Kier alpha value is -0.830. The molecule has 0 radical (unpaired) electrons. The minimum atomic E-state index is -2.94. The Balaban J connectivity index is 2.17. The van der Waals surface area contributed by atoms with E-state index in [9.17, 15) is 8.42 Å². The standard InChI is InChI=1S/C14H20O2S/c1-11-7-8-13(9-12(11)2)10-17(15,16)14-5-3-4-6-14/h7-9,14H,3-6,10H2,1-2H3. The van der Waals surface area contributed by atoms with Crippen molar-refractivity contribution in [2.45, 2.75) is 50.5 Å². The summed E-state index contributed by atoms with van der Waals surface area (Å²) in [6, 6.07) is 5.95. The van der Waals surface area contributed by atoms with Crippen molar-refractivity contribution < 1.29 is 8.42 Å². The third kappa shape index (κ3) is 2.89. The molecule has 1 aliphatic rings. The highest BCUT2D eigenvalue weighted by Gasteiger charge is 2.28. The van der Waals surface area contributed by atoms with E-state index in [0.717, 1.165) is 31.2 Å². The van der Waals surface area contributed by atoms with Crippen LogP contribution in [-0.2, 0) is 15.6 Å². The van der Waals surface area contributed by atoms with E-state index in [0.29, 0.717) is 0 Å². The minimum Gasteiger partial charge on any atom is -0.228 e. The highest BCUT2D eigenvalue weighted by Crippen LogP contribution is 2.27. The maximum Gasteiger partial charge on any atom is 0.157 e. The summed E-state index contributed by atoms with van der Waals surface area (Å²) < 4.78 is 24.4. The molecule has 1 aromatic carbocycles. The summed E-state index contributed by atoms with van der Waals surface area (Å²) in [7, 11) is -2.94. The molecule has 1 fully saturated rings. The van der Waals surface area contributed by atoms with Crippen LogP contribution in [0.15, 0.2) is 18.2 Å². The summed E-state index contributed by atoms with van der Waals surface area (Å²) in [5, 5.41) is -0.0934. The number of aryl methyl sites for hydroxylation is 2. The van der Waals surface area contributed by atoms with Gasteiger partial charge in [0.25, 0.3) is 0 Å². The van der Waals surface area contributed by atoms with Crippen molar-refractivity contribution in [1.29, 1.82) is 0 Å². The highest BCUT2D eigenvalue weighted by atomic mass is 32.2. The molecule has 0 aromatic heterocycles. The molecule has 0 aliphatic heterocycles. The van der Waals surface area contributed by atoms with E-state index >= 15 is 0 Å². The molecular formula is C14H20O2S. The van der Waals surface area contributed by atoms with Gasteiger partial charge in [-0.25, -0.2) is 8.42 Å². The third-order valence-corrected chi connectivity index (χ3v) is 5.97. The number of hydrogen-bond donors (Lipinski definition) is 0. The van der Waals surface area contributed by atoms with Crippen LogP contribution in [0, 0.1) is 13.8 Å². The quantitative estimate of drug-likeness (QED) is 0.828. The topological polar surface area (TPSA) is 34.1 Å². The lowest BCUT2D eigenvalue weighted by atomic mass is 10.1. The lowest BCUT2D eigenvalue weighted by Gasteiger charge is -2.11. The molecule has 0 atom stereocenters. The fourth-order valence-electron chi connectivity index (χ4n) is 2.49. The molecule has 0 saturated heterocycles. The summed E-state index contributed by atoms with van der Waals surface area (Å²) in [5.74, 6) is 0.207. The second-order valence-electron chi connectivity index (χ2n) is 5.13. The first-order valence-corrected chi connectivity index (χ1v) is 7.98. The van der Waals surface area contributed by atoms with E-state index in [1.807, 2.05) is 32.0 Å². The van der Waals surface area contributed by atoms with Crippen LogP contribution in [0.4, 0.5) is 0 Å². The van der Waals surface area contributed by atoms with E-state index in [-0.39, 0.29) is 11.0 Å². The minimum absolute atomic E-state index is 0.0934. The Morgan fingerprint density at radius 2 is 1.76 bits per heavy atom. The summed E-state index contributed by atoms with van der Waals surface area (Å²) in [6.45, 7) is 4.08. The van der Waals surface area contributed by atoms with E-state index in [2.05, 4.69) is 0 Å². The fourth-order valence-corrected chi connectivity index (χ4v) is 4.42. The molecule has 0 bridgehead atoms. The van der Waals surface area contributed by atoms with Crippen LogP contribution in [0.5, 0.6) is 0 Å². The lowest BCUT2D eigenvalue weighted by molar-refractivity contribution is 0.579. The number of sulfone groups is 1. The van der Waals surface area contributed by atoms with Crippen LogP contribution < -0.4 is 0 Å². The largest absolute Gasteiger partial charge is 0.228 e. The lowest BCUT2D eigenvalue weighted by Crippen LogP contribution is -2.19. The Labute approximate surface area is 104 Å². The molecule has 94 valence electrons. The number of rotatable bonds is 3. The van der Waals surface area contributed by atoms with Crippen molar-refractivity contribution in [2.24, 2.45) is 0 Å². The third-order valence-electron chi connectivity index (χ3n) is 3.75. The molecular weight excluding hydrogens is 232 g/mol. The molecule has 17 heavy (non-hydrogen) atoms. The molecule has 1 aromatic rings. The van der Waals surface area contributed by atoms with Gasteiger partial charge in [0.05, 0.1) is 11.0 Å². The van der Waals surface area contributed by atoms with Gasteiger partial charge in [-0.1, -0.05) is 31.0 Å². The van der Waals surface area contributed by atoms with E-state index in [1.54, 1.807) is 0 Å². The highest BCUT2D eigenvalue weighted by molar-refractivity contribution is 7.91. The van der Waals surface area contributed by atoms with Crippen molar-refractivity contribution in [2.75, 3.05) is 0 Å². The molecule has 2 rings (SSSR count). The first-order valence-electron chi connectivity index (χ1n) is 6.27. The van der Waals surface area contributed by atoms with Gasteiger partial charge >= 0.3 is 0 Å². The smallest absolute Gasteiger partial charge is 0.157 e. The molecule has 1 saturated carbocycles. The molecule has 0 spiro atoms. The van der Waals surface area contributed by atoms with E-state index in [4.69, 9.17) is 0 Å². The second-order valence-corrected chi connectivity index (χ2v) is 7.41. The SMILES string of the molecule is Cc1ccc(CS(=O)(=O)C2CCCC2)cc1C. The van der Waals surface area contributed by atoms with Crippen LogP contribution in [0.25, 0.3) is 0 Å². The van der Waals surface area contributed by atoms with Gasteiger partial charge in [-0.3, -0.25) is 0 Å². The van der Waals surface area contributed by atoms with Crippen molar-refractivity contribution in [3.8, 4) is 0 Å². The molecule has 0 amide bonds. The predicted octanol–water partition coefficient (Wildman–Crippen LogP) is 3.16. The molecule has 3 heteroatoms. The van der Waals surface area contributed by atoms with Gasteiger partial charge in [-0.05, 0) is 43.4 Å². The average Bonchev–Trinajstić information content (AvgIpc) is 2.77. The Morgan fingerprint density at radius 3 is 2.35 bits per heavy atom. The number of hydrogen-bond acceptors (Lipinski definition) is 2. The molecule has 0 unspecified atom stereocenters. The van der Waals surface area contributed by atoms with E-state index < -0.39 is 9.84 Å². The second kappa shape index (κ2) is 4.81. The van der Waals surface area contributed by atoms with Crippen LogP contribution >= 0.6 is 0 Å². The van der Waals surface area contributed by atoms with Gasteiger partial charge in [0.2, 0.25) is 0 Å². The van der Waals surface area contributed by atoms with Gasteiger partial charge in [-0.15, -0.1) is 0 Å². The molecule has 0 N–H and O–H groups in total. The predicted molar refractivity (Wildman–Crippen MR) is 70.8 cm³/mol. The Bertz CT molecular complexity index is 497. The summed E-state index contributed by atoms with van der Waals surface area (Å²) in [4.78, 5) is 0. The van der Waals surface area contributed by atoms with Crippen molar-refractivity contribution in [3.63, 3.8) is 0 Å². The maximum absolute atomic E-state index is 12.2. The van der Waals surface area contributed by atoms with Gasteiger partial charge in [0.1, 0.15) is 0 Å². The summed E-state index contributed by atoms with van der Waals surface area (Å²) in [6.07, 6.45) is 3.84. The number of benzene rings is 1. The van der Waals surface area contributed by atoms with Crippen molar-refractivity contribution in [1.82, 2.24) is 0 Å². The first kappa shape index (κ1) is 12.6. The van der Waals surface area contributed by atoms with Crippen LogP contribution in [0.2, 0.25) is 0 Å². The van der Waals surface area contributed by atoms with Gasteiger partial charge in [-0.2, -0.15) is 0 Å². The normalized spacial score (nSPS) is 17.5.